The van der Waals surface area contributed by atoms with Gasteiger partial charge >= 0.3 is 0 Å². The number of aryl methyl sites for hydroxylation is 1. The summed E-state index contributed by atoms with van der Waals surface area (Å²) in [4.78, 5) is 0. The molecule has 0 heterocycles. The highest BCUT2D eigenvalue weighted by Gasteiger charge is 1.97. The first-order valence-electron chi connectivity index (χ1n) is 4.50. The molecule has 0 unspecified atom stereocenters. The molecule has 14 heavy (non-hydrogen) atoms. The number of hydrogen-bond acceptors (Lipinski definition) is 0. The Morgan fingerprint density at radius 1 is 1.07 bits per heavy atom. The normalized spacial score (nSPS) is 10.1. The third-order valence-electron chi connectivity index (χ3n) is 2.13. The summed E-state index contributed by atoms with van der Waals surface area (Å²) < 4.78 is 12.6. The van der Waals surface area contributed by atoms with Gasteiger partial charge in [-0.1, -0.05) is 35.9 Å². The zero-order valence-corrected chi connectivity index (χ0v) is 7.92. The van der Waals surface area contributed by atoms with Gasteiger partial charge in [-0.3, -0.25) is 0 Å². The van der Waals surface area contributed by atoms with Gasteiger partial charge in [-0.15, -0.1) is 0 Å². The molecule has 0 fully saturated rings. The van der Waals surface area contributed by atoms with Crippen molar-refractivity contribution in [3.63, 3.8) is 0 Å². The summed E-state index contributed by atoms with van der Waals surface area (Å²) >= 11 is 0. The number of rotatable bonds is 1. The van der Waals surface area contributed by atoms with Crippen molar-refractivity contribution in [1.82, 2.24) is 0 Å². The van der Waals surface area contributed by atoms with Crippen LogP contribution in [0.4, 0.5) is 4.39 Å². The van der Waals surface area contributed by atoms with E-state index in [9.17, 15) is 4.39 Å². The van der Waals surface area contributed by atoms with Gasteiger partial charge in [-0.05, 0) is 30.2 Å². The van der Waals surface area contributed by atoms with Gasteiger partial charge in [0, 0.05) is 6.07 Å². The molecule has 0 saturated heterocycles. The zero-order chi connectivity index (χ0) is 9.97. The Morgan fingerprint density at radius 3 is 2.57 bits per heavy atom. The number of benzene rings is 2. The highest BCUT2D eigenvalue weighted by Crippen LogP contribution is 2.19. The molecule has 0 N–H and O–H groups in total. The van der Waals surface area contributed by atoms with Crippen molar-refractivity contribution in [2.45, 2.75) is 6.92 Å². The first-order valence-corrected chi connectivity index (χ1v) is 4.50. The zero-order valence-electron chi connectivity index (χ0n) is 7.92. The lowest BCUT2D eigenvalue weighted by Gasteiger charge is -2.01. The molecule has 0 aliphatic heterocycles. The topological polar surface area (TPSA) is 0 Å². The lowest BCUT2D eigenvalue weighted by Crippen LogP contribution is -1.80. The van der Waals surface area contributed by atoms with E-state index in [0.29, 0.717) is 0 Å². The maximum Gasteiger partial charge on any atom is 0.131 e. The SMILES string of the molecule is Cc1cccc(-c2c[c]c(F)cc2)c1. The lowest BCUT2D eigenvalue weighted by atomic mass is 10.0. The van der Waals surface area contributed by atoms with Crippen molar-refractivity contribution >= 4 is 0 Å². The molecule has 2 aromatic rings. The maximum absolute atomic E-state index is 12.6. The fourth-order valence-electron chi connectivity index (χ4n) is 1.41. The third kappa shape index (κ3) is 1.82. The van der Waals surface area contributed by atoms with Crippen LogP contribution in [-0.4, -0.2) is 0 Å². The quantitative estimate of drug-likeness (QED) is 0.636. The summed E-state index contributed by atoms with van der Waals surface area (Å²) in [6.45, 7) is 2.04. The summed E-state index contributed by atoms with van der Waals surface area (Å²) in [6, 6.07) is 15.5. The van der Waals surface area contributed by atoms with Crippen molar-refractivity contribution in [2.24, 2.45) is 0 Å². The molecule has 0 spiro atoms. The number of halogens is 1. The van der Waals surface area contributed by atoms with Crippen molar-refractivity contribution in [2.75, 3.05) is 0 Å². The van der Waals surface area contributed by atoms with E-state index in [1.165, 1.54) is 11.6 Å². The fourth-order valence-corrected chi connectivity index (χ4v) is 1.41. The van der Waals surface area contributed by atoms with E-state index < -0.39 is 0 Å². The second kappa shape index (κ2) is 3.62. The first kappa shape index (κ1) is 8.95. The van der Waals surface area contributed by atoms with E-state index in [1.807, 2.05) is 25.1 Å². The smallest absolute Gasteiger partial charge is 0.131 e. The Morgan fingerprint density at radius 2 is 1.93 bits per heavy atom. The molecular weight excluding hydrogens is 175 g/mol. The lowest BCUT2D eigenvalue weighted by molar-refractivity contribution is 0.626. The molecule has 0 atom stereocenters. The van der Waals surface area contributed by atoms with E-state index in [0.717, 1.165) is 11.1 Å². The average molecular weight is 185 g/mol. The second-order valence-electron chi connectivity index (χ2n) is 3.29. The van der Waals surface area contributed by atoms with Gasteiger partial charge in [0.25, 0.3) is 0 Å². The average Bonchev–Trinajstić information content (AvgIpc) is 2.19. The van der Waals surface area contributed by atoms with Gasteiger partial charge in [0.2, 0.25) is 0 Å². The highest BCUT2D eigenvalue weighted by molar-refractivity contribution is 5.63. The van der Waals surface area contributed by atoms with Gasteiger partial charge in [0.15, 0.2) is 0 Å². The minimum absolute atomic E-state index is 0.318. The minimum atomic E-state index is -0.318. The Balaban J connectivity index is 2.44. The molecule has 2 aromatic carbocycles. The van der Waals surface area contributed by atoms with Gasteiger partial charge in [0.1, 0.15) is 5.82 Å². The Labute approximate surface area is 83.0 Å². The van der Waals surface area contributed by atoms with Crippen LogP contribution in [0.1, 0.15) is 5.56 Å². The van der Waals surface area contributed by atoms with Crippen molar-refractivity contribution in [1.29, 1.82) is 0 Å². The van der Waals surface area contributed by atoms with Crippen LogP contribution in [0.5, 0.6) is 0 Å². The summed E-state index contributed by atoms with van der Waals surface area (Å²) in [5, 5.41) is 0. The standard InChI is InChI=1S/C13H10F/c1-10-3-2-4-12(9-10)11-5-7-13(14)8-6-11/h2-7,9H,1H3. The van der Waals surface area contributed by atoms with Crippen molar-refractivity contribution < 1.29 is 4.39 Å². The Kier molecular flexibility index (Phi) is 2.32. The molecule has 0 aromatic heterocycles. The molecule has 0 amide bonds. The Bertz CT molecular complexity index is 429. The van der Waals surface area contributed by atoms with Crippen LogP contribution in [0.3, 0.4) is 0 Å². The van der Waals surface area contributed by atoms with Crippen LogP contribution in [0, 0.1) is 18.8 Å². The fraction of sp³-hybridized carbons (Fsp3) is 0.0769. The summed E-state index contributed by atoms with van der Waals surface area (Å²) in [6.07, 6.45) is 0. The van der Waals surface area contributed by atoms with Crippen LogP contribution in [0.15, 0.2) is 42.5 Å². The van der Waals surface area contributed by atoms with Crippen molar-refractivity contribution in [3.05, 3.63) is 59.9 Å². The van der Waals surface area contributed by atoms with Gasteiger partial charge < -0.3 is 0 Å². The molecule has 1 radical (unpaired) electrons. The predicted molar refractivity (Wildman–Crippen MR) is 55.4 cm³/mol. The van der Waals surface area contributed by atoms with Crippen LogP contribution >= 0.6 is 0 Å². The minimum Gasteiger partial charge on any atom is -0.206 e. The largest absolute Gasteiger partial charge is 0.206 e. The molecule has 0 aliphatic carbocycles. The summed E-state index contributed by atoms with van der Waals surface area (Å²) in [5.41, 5.74) is 3.29. The van der Waals surface area contributed by atoms with Crippen LogP contribution in [0.25, 0.3) is 11.1 Å². The van der Waals surface area contributed by atoms with Gasteiger partial charge in [0.05, 0.1) is 0 Å². The Hall–Kier alpha value is -1.63. The molecule has 69 valence electrons. The molecule has 1 heteroatoms. The number of hydrogen-bond donors (Lipinski definition) is 0. The summed E-state index contributed by atoms with van der Waals surface area (Å²) in [5.74, 6) is -0.318. The second-order valence-corrected chi connectivity index (χ2v) is 3.29. The first-order chi connectivity index (χ1) is 6.75. The van der Waals surface area contributed by atoms with Crippen LogP contribution < -0.4 is 0 Å². The maximum atomic E-state index is 12.6. The van der Waals surface area contributed by atoms with E-state index in [-0.39, 0.29) is 5.82 Å². The van der Waals surface area contributed by atoms with E-state index in [2.05, 4.69) is 12.1 Å². The summed E-state index contributed by atoms with van der Waals surface area (Å²) in [7, 11) is 0. The van der Waals surface area contributed by atoms with E-state index in [4.69, 9.17) is 0 Å². The molecule has 0 nitrogen and oxygen atoms in total. The van der Waals surface area contributed by atoms with E-state index in [1.54, 1.807) is 12.1 Å². The predicted octanol–water partition coefficient (Wildman–Crippen LogP) is 3.60. The van der Waals surface area contributed by atoms with Crippen molar-refractivity contribution in [3.8, 4) is 11.1 Å². The molecule has 0 saturated carbocycles. The van der Waals surface area contributed by atoms with Crippen LogP contribution in [0.2, 0.25) is 0 Å². The third-order valence-corrected chi connectivity index (χ3v) is 2.13. The molecule has 0 bridgehead atoms. The molecular formula is C13H10F. The molecule has 0 aliphatic rings. The van der Waals surface area contributed by atoms with Crippen LogP contribution in [-0.2, 0) is 0 Å². The monoisotopic (exact) mass is 185 g/mol. The van der Waals surface area contributed by atoms with Gasteiger partial charge in [-0.2, -0.15) is 0 Å². The highest BCUT2D eigenvalue weighted by atomic mass is 19.1. The van der Waals surface area contributed by atoms with E-state index >= 15 is 0 Å². The van der Waals surface area contributed by atoms with Gasteiger partial charge in [-0.25, -0.2) is 4.39 Å². The molecule has 2 rings (SSSR count).